The Bertz CT molecular complexity index is 1510. The minimum atomic E-state index is -3.60. The average molecular weight is 626 g/mol. The van der Waals surface area contributed by atoms with Gasteiger partial charge in [-0.1, -0.05) is 77.9 Å². The Labute approximate surface area is 256 Å². The van der Waals surface area contributed by atoms with Crippen LogP contribution < -0.4 is 13.6 Å². The Balaban J connectivity index is 1.53. The van der Waals surface area contributed by atoms with E-state index in [0.29, 0.717) is 10.8 Å². The van der Waals surface area contributed by atoms with Crippen LogP contribution in [-0.4, -0.2) is 31.1 Å². The minimum absolute atomic E-state index is 0.0687. The van der Waals surface area contributed by atoms with Crippen molar-refractivity contribution in [2.75, 3.05) is 0 Å². The number of fused-ring (bicyclic) bond motifs is 1. The van der Waals surface area contributed by atoms with Crippen molar-refractivity contribution in [1.29, 1.82) is 0 Å². The quantitative estimate of drug-likeness (QED) is 0.253. The van der Waals surface area contributed by atoms with Crippen LogP contribution in [0.25, 0.3) is 10.8 Å². The number of hydrogen-bond donors (Lipinski definition) is 1. The zero-order valence-corrected chi connectivity index (χ0v) is 30.1. The van der Waals surface area contributed by atoms with Gasteiger partial charge in [0, 0.05) is 12.1 Å². The summed E-state index contributed by atoms with van der Waals surface area (Å²) in [6.07, 6.45) is 3.39. The third kappa shape index (κ3) is 7.32. The molecule has 3 aromatic rings. The van der Waals surface area contributed by atoms with E-state index in [1.54, 1.807) is 12.1 Å². The molecule has 0 aromatic heterocycles. The molecule has 5 nitrogen and oxygen atoms in total. The number of rotatable bonds is 8. The molecule has 0 amide bonds. The van der Waals surface area contributed by atoms with Crippen molar-refractivity contribution in [3.63, 3.8) is 0 Å². The van der Waals surface area contributed by atoms with E-state index in [1.807, 2.05) is 30.3 Å². The van der Waals surface area contributed by atoms with Crippen LogP contribution in [0.1, 0.15) is 78.7 Å². The number of hydrogen-bond acceptors (Lipinski definition) is 4. The van der Waals surface area contributed by atoms with Crippen LogP contribution >= 0.6 is 0 Å². The van der Waals surface area contributed by atoms with E-state index in [-0.39, 0.29) is 16.1 Å². The van der Waals surface area contributed by atoms with Crippen molar-refractivity contribution in [1.82, 2.24) is 4.72 Å². The van der Waals surface area contributed by atoms with Gasteiger partial charge in [-0.15, -0.1) is 0 Å². The molecule has 8 heteroatoms. The highest BCUT2D eigenvalue weighted by Crippen LogP contribution is 2.45. The molecule has 0 spiro atoms. The lowest BCUT2D eigenvalue weighted by molar-refractivity contribution is 0.367. The van der Waals surface area contributed by atoms with Gasteiger partial charge in [-0.25, -0.2) is 13.1 Å². The highest BCUT2D eigenvalue weighted by atomic mass is 32.2. The Morgan fingerprint density at radius 3 is 1.88 bits per heavy atom. The fraction of sp³-hybridized carbons (Fsp3) is 0.529. The Morgan fingerprint density at radius 1 is 0.714 bits per heavy atom. The standard InChI is InChI=1S/C34H51NO4SSi2/c1-33(2,3)41(7,8)38-29-20-22-31(32(24-29)39-42(9,10)34(4,5)6)26-15-18-28(19-16-26)35-40(36,37)30-21-17-25-13-11-12-14-27(25)23-30/h11-14,17,20-24,26,28,35H,15-16,18-19H2,1-10H3. The monoisotopic (exact) mass is 625 g/mol. The summed E-state index contributed by atoms with van der Waals surface area (Å²) in [5.74, 6) is 2.14. The van der Waals surface area contributed by atoms with Crippen LogP contribution in [0.2, 0.25) is 36.3 Å². The average Bonchev–Trinajstić information content (AvgIpc) is 2.87. The molecule has 42 heavy (non-hydrogen) atoms. The first-order valence-corrected chi connectivity index (χ1v) is 22.6. The van der Waals surface area contributed by atoms with E-state index in [2.05, 4.69) is 90.7 Å². The van der Waals surface area contributed by atoms with Gasteiger partial charge in [0.1, 0.15) is 11.5 Å². The maximum atomic E-state index is 13.3. The molecule has 1 aliphatic rings. The second-order valence-electron chi connectivity index (χ2n) is 15.1. The normalized spacial score (nSPS) is 19.1. The number of benzene rings is 3. The van der Waals surface area contributed by atoms with Crippen LogP contribution in [0, 0.1) is 0 Å². The summed E-state index contributed by atoms with van der Waals surface area (Å²) in [5.41, 5.74) is 1.22. The molecule has 0 unspecified atom stereocenters. The number of nitrogens with one attached hydrogen (secondary N) is 1. The van der Waals surface area contributed by atoms with Gasteiger partial charge in [-0.3, -0.25) is 0 Å². The Morgan fingerprint density at radius 2 is 1.29 bits per heavy atom. The van der Waals surface area contributed by atoms with Crippen molar-refractivity contribution in [3.05, 3.63) is 66.2 Å². The largest absolute Gasteiger partial charge is 0.543 e. The van der Waals surface area contributed by atoms with Gasteiger partial charge in [0.25, 0.3) is 0 Å². The predicted octanol–water partition coefficient (Wildman–Crippen LogP) is 9.61. The Hall–Kier alpha value is -2.14. The summed E-state index contributed by atoms with van der Waals surface area (Å²) >= 11 is 0. The summed E-state index contributed by atoms with van der Waals surface area (Å²) in [5, 5.41) is 2.14. The van der Waals surface area contributed by atoms with Gasteiger partial charge < -0.3 is 8.85 Å². The van der Waals surface area contributed by atoms with E-state index in [0.717, 1.165) is 48.0 Å². The smallest absolute Gasteiger partial charge is 0.250 e. The van der Waals surface area contributed by atoms with E-state index in [4.69, 9.17) is 8.85 Å². The Kier molecular flexibility index (Phi) is 9.17. The van der Waals surface area contributed by atoms with Crippen molar-refractivity contribution >= 4 is 37.4 Å². The molecule has 1 aliphatic carbocycles. The fourth-order valence-corrected chi connectivity index (χ4v) is 8.42. The van der Waals surface area contributed by atoms with Crippen LogP contribution in [-0.2, 0) is 10.0 Å². The van der Waals surface area contributed by atoms with E-state index >= 15 is 0 Å². The second-order valence-corrected chi connectivity index (χ2v) is 26.3. The fourth-order valence-electron chi connectivity index (χ4n) is 5.02. The SMILES string of the molecule is CC(C)(C)[Si](C)(C)Oc1ccc(C2CCC(NS(=O)(=O)c3ccc4ccccc4c3)CC2)c(O[Si](C)(C)C(C)(C)C)c1. The molecule has 4 rings (SSSR count). The summed E-state index contributed by atoms with van der Waals surface area (Å²) < 4.78 is 43.2. The van der Waals surface area contributed by atoms with E-state index in [1.165, 1.54) is 5.56 Å². The van der Waals surface area contributed by atoms with E-state index < -0.39 is 26.7 Å². The summed E-state index contributed by atoms with van der Waals surface area (Å²) in [6, 6.07) is 19.6. The molecule has 1 fully saturated rings. The maximum Gasteiger partial charge on any atom is 0.250 e. The van der Waals surface area contributed by atoms with Crippen molar-refractivity contribution in [3.8, 4) is 11.5 Å². The van der Waals surface area contributed by atoms with Gasteiger partial charge in [-0.2, -0.15) is 0 Å². The van der Waals surface area contributed by atoms with Crippen molar-refractivity contribution < 1.29 is 17.3 Å². The molecule has 230 valence electrons. The topological polar surface area (TPSA) is 64.6 Å². The third-order valence-corrected chi connectivity index (χ3v) is 20.1. The summed E-state index contributed by atoms with van der Waals surface area (Å²) in [7, 11) is -7.70. The van der Waals surface area contributed by atoms with Gasteiger partial charge in [-0.05, 0) is 102 Å². The molecule has 0 radical (unpaired) electrons. The summed E-state index contributed by atoms with van der Waals surface area (Å²) in [4.78, 5) is 0.325. The first-order chi connectivity index (χ1) is 19.3. The molecule has 1 N–H and O–H groups in total. The first-order valence-electron chi connectivity index (χ1n) is 15.3. The van der Waals surface area contributed by atoms with Gasteiger partial charge in [0.2, 0.25) is 26.7 Å². The lowest BCUT2D eigenvalue weighted by Crippen LogP contribution is -2.44. The van der Waals surface area contributed by atoms with E-state index in [9.17, 15) is 8.42 Å². The molecule has 0 bridgehead atoms. The van der Waals surface area contributed by atoms with Gasteiger partial charge in [0.15, 0.2) is 0 Å². The van der Waals surface area contributed by atoms with Crippen LogP contribution in [0.4, 0.5) is 0 Å². The van der Waals surface area contributed by atoms with Crippen LogP contribution in [0.15, 0.2) is 65.6 Å². The van der Waals surface area contributed by atoms with Gasteiger partial charge >= 0.3 is 0 Å². The lowest BCUT2D eigenvalue weighted by atomic mass is 9.81. The second kappa shape index (κ2) is 11.7. The highest BCUT2D eigenvalue weighted by Gasteiger charge is 2.41. The maximum absolute atomic E-state index is 13.3. The predicted molar refractivity (Wildman–Crippen MR) is 181 cm³/mol. The zero-order chi connectivity index (χ0) is 31.1. The van der Waals surface area contributed by atoms with Gasteiger partial charge in [0.05, 0.1) is 4.90 Å². The molecule has 1 saturated carbocycles. The van der Waals surface area contributed by atoms with Crippen molar-refractivity contribution in [2.24, 2.45) is 0 Å². The third-order valence-electron chi connectivity index (χ3n) is 9.86. The van der Waals surface area contributed by atoms with Crippen LogP contribution in [0.5, 0.6) is 11.5 Å². The molecule has 0 aliphatic heterocycles. The summed E-state index contributed by atoms with van der Waals surface area (Å²) in [6.45, 7) is 22.7. The first kappa shape index (κ1) is 32.8. The molecule has 0 heterocycles. The van der Waals surface area contributed by atoms with Crippen molar-refractivity contribution in [2.45, 2.75) is 120 Å². The lowest BCUT2D eigenvalue weighted by Gasteiger charge is -2.39. The minimum Gasteiger partial charge on any atom is -0.543 e. The zero-order valence-electron chi connectivity index (χ0n) is 27.3. The van der Waals surface area contributed by atoms with Crippen LogP contribution in [0.3, 0.4) is 0 Å². The molecular weight excluding hydrogens is 575 g/mol. The molecule has 0 atom stereocenters. The number of sulfonamides is 1. The highest BCUT2D eigenvalue weighted by molar-refractivity contribution is 7.89. The molecule has 3 aromatic carbocycles. The molecular formula is C34H51NO4SSi2. The molecule has 0 saturated heterocycles.